The molecule has 0 bridgehead atoms. The number of methoxy groups -OCH3 is 1. The van der Waals surface area contributed by atoms with Crippen LogP contribution >= 0.6 is 0 Å². The van der Waals surface area contributed by atoms with Gasteiger partial charge in [-0.25, -0.2) is 0 Å². The summed E-state index contributed by atoms with van der Waals surface area (Å²) in [6, 6.07) is 7.79. The zero-order valence-corrected chi connectivity index (χ0v) is 10.9. The van der Waals surface area contributed by atoms with Crippen molar-refractivity contribution in [2.24, 2.45) is 11.3 Å². The van der Waals surface area contributed by atoms with Crippen molar-refractivity contribution in [1.29, 1.82) is 0 Å². The van der Waals surface area contributed by atoms with E-state index in [9.17, 15) is 5.11 Å². The van der Waals surface area contributed by atoms with E-state index in [-0.39, 0.29) is 11.5 Å². The normalized spacial score (nSPS) is 24.6. The SMILES string of the molecule is COc1cccc(C(O)C2CCCC2(C)C)c1. The molecular weight excluding hydrogens is 212 g/mol. The molecule has 1 aliphatic rings. The highest BCUT2D eigenvalue weighted by Crippen LogP contribution is 2.48. The van der Waals surface area contributed by atoms with E-state index in [1.54, 1.807) is 7.11 Å². The lowest BCUT2D eigenvalue weighted by Gasteiger charge is -2.31. The molecule has 2 atom stereocenters. The molecule has 0 aromatic heterocycles. The maximum absolute atomic E-state index is 10.5. The summed E-state index contributed by atoms with van der Waals surface area (Å²) < 4.78 is 5.21. The van der Waals surface area contributed by atoms with Crippen molar-refractivity contribution in [2.75, 3.05) is 7.11 Å². The van der Waals surface area contributed by atoms with Gasteiger partial charge >= 0.3 is 0 Å². The molecule has 1 aromatic carbocycles. The average molecular weight is 234 g/mol. The molecule has 1 aromatic rings. The fourth-order valence-electron chi connectivity index (χ4n) is 3.00. The topological polar surface area (TPSA) is 29.5 Å². The van der Waals surface area contributed by atoms with Gasteiger partial charge in [0.2, 0.25) is 0 Å². The summed E-state index contributed by atoms with van der Waals surface area (Å²) in [4.78, 5) is 0. The van der Waals surface area contributed by atoms with E-state index in [0.29, 0.717) is 5.92 Å². The predicted octanol–water partition coefficient (Wildman–Crippen LogP) is 3.55. The van der Waals surface area contributed by atoms with Crippen molar-refractivity contribution in [2.45, 2.75) is 39.2 Å². The average Bonchev–Trinajstić information content (AvgIpc) is 2.68. The quantitative estimate of drug-likeness (QED) is 0.866. The first-order valence-electron chi connectivity index (χ1n) is 6.36. The summed E-state index contributed by atoms with van der Waals surface area (Å²) in [6.45, 7) is 4.52. The molecule has 0 spiro atoms. The van der Waals surface area contributed by atoms with Crippen LogP contribution in [0.4, 0.5) is 0 Å². The van der Waals surface area contributed by atoms with E-state index in [2.05, 4.69) is 13.8 Å². The molecule has 0 aliphatic heterocycles. The zero-order valence-electron chi connectivity index (χ0n) is 10.9. The van der Waals surface area contributed by atoms with Crippen molar-refractivity contribution in [3.05, 3.63) is 29.8 Å². The zero-order chi connectivity index (χ0) is 12.5. The van der Waals surface area contributed by atoms with Gasteiger partial charge in [0.05, 0.1) is 13.2 Å². The minimum atomic E-state index is -0.373. The molecule has 2 heteroatoms. The van der Waals surface area contributed by atoms with E-state index in [0.717, 1.165) is 17.7 Å². The molecule has 94 valence electrons. The van der Waals surface area contributed by atoms with Gasteiger partial charge in [-0.15, -0.1) is 0 Å². The van der Waals surface area contributed by atoms with Crippen molar-refractivity contribution >= 4 is 0 Å². The first-order valence-corrected chi connectivity index (χ1v) is 6.36. The molecule has 1 fully saturated rings. The van der Waals surface area contributed by atoms with E-state index < -0.39 is 0 Å². The van der Waals surface area contributed by atoms with Crippen LogP contribution in [0.1, 0.15) is 44.8 Å². The molecule has 2 nitrogen and oxygen atoms in total. The molecule has 2 rings (SSSR count). The van der Waals surface area contributed by atoms with Crippen LogP contribution in [-0.2, 0) is 0 Å². The van der Waals surface area contributed by atoms with Crippen LogP contribution in [0, 0.1) is 11.3 Å². The first kappa shape index (κ1) is 12.4. The largest absolute Gasteiger partial charge is 0.497 e. The molecule has 0 radical (unpaired) electrons. The summed E-state index contributed by atoms with van der Waals surface area (Å²) in [5.41, 5.74) is 1.21. The van der Waals surface area contributed by atoms with Gasteiger partial charge in [0, 0.05) is 0 Å². The lowest BCUT2D eigenvalue weighted by Crippen LogP contribution is -2.24. The molecule has 0 heterocycles. The van der Waals surface area contributed by atoms with Gasteiger partial charge in [0.1, 0.15) is 5.75 Å². The maximum atomic E-state index is 10.5. The Labute approximate surface area is 104 Å². The lowest BCUT2D eigenvalue weighted by atomic mass is 9.77. The third kappa shape index (κ3) is 2.47. The Morgan fingerprint density at radius 3 is 2.76 bits per heavy atom. The van der Waals surface area contributed by atoms with Crippen LogP contribution in [0.25, 0.3) is 0 Å². The smallest absolute Gasteiger partial charge is 0.119 e. The summed E-state index contributed by atoms with van der Waals surface area (Å²) in [5, 5.41) is 10.5. The second-order valence-corrected chi connectivity index (χ2v) is 5.71. The van der Waals surface area contributed by atoms with Crippen LogP contribution in [-0.4, -0.2) is 12.2 Å². The summed E-state index contributed by atoms with van der Waals surface area (Å²) >= 11 is 0. The number of benzene rings is 1. The van der Waals surface area contributed by atoms with Crippen molar-refractivity contribution < 1.29 is 9.84 Å². The molecular formula is C15H22O2. The number of hydrogen-bond donors (Lipinski definition) is 1. The van der Waals surface area contributed by atoms with Gasteiger partial charge in [-0.2, -0.15) is 0 Å². The highest BCUT2D eigenvalue weighted by molar-refractivity contribution is 5.30. The lowest BCUT2D eigenvalue weighted by molar-refractivity contribution is 0.0530. The minimum Gasteiger partial charge on any atom is -0.497 e. The van der Waals surface area contributed by atoms with Crippen LogP contribution < -0.4 is 4.74 Å². The van der Waals surface area contributed by atoms with Gasteiger partial charge in [-0.05, 0) is 41.9 Å². The highest BCUT2D eigenvalue weighted by Gasteiger charge is 2.39. The number of rotatable bonds is 3. The summed E-state index contributed by atoms with van der Waals surface area (Å²) in [6.07, 6.45) is 3.17. The summed E-state index contributed by atoms with van der Waals surface area (Å²) in [7, 11) is 1.66. The van der Waals surface area contributed by atoms with Gasteiger partial charge in [0.25, 0.3) is 0 Å². The van der Waals surface area contributed by atoms with E-state index in [1.165, 1.54) is 12.8 Å². The molecule has 17 heavy (non-hydrogen) atoms. The Hall–Kier alpha value is -1.02. The monoisotopic (exact) mass is 234 g/mol. The van der Waals surface area contributed by atoms with Crippen molar-refractivity contribution in [1.82, 2.24) is 0 Å². The van der Waals surface area contributed by atoms with Gasteiger partial charge in [-0.1, -0.05) is 32.4 Å². The fraction of sp³-hybridized carbons (Fsp3) is 0.600. The van der Waals surface area contributed by atoms with Crippen LogP contribution in [0.2, 0.25) is 0 Å². The number of aliphatic hydroxyl groups excluding tert-OH is 1. The molecule has 2 unspecified atom stereocenters. The van der Waals surface area contributed by atoms with Crippen LogP contribution in [0.15, 0.2) is 24.3 Å². The standard InChI is InChI=1S/C15H22O2/c1-15(2)9-5-8-13(15)14(16)11-6-4-7-12(10-11)17-3/h4,6-7,10,13-14,16H,5,8-9H2,1-3H3. The van der Waals surface area contributed by atoms with Gasteiger partial charge < -0.3 is 9.84 Å². The number of ether oxygens (including phenoxy) is 1. The highest BCUT2D eigenvalue weighted by atomic mass is 16.5. The second kappa shape index (κ2) is 4.69. The third-order valence-corrected chi connectivity index (χ3v) is 4.16. The van der Waals surface area contributed by atoms with Crippen molar-refractivity contribution in [3.8, 4) is 5.75 Å². The molecule has 1 N–H and O–H groups in total. The predicted molar refractivity (Wildman–Crippen MR) is 69.1 cm³/mol. The Kier molecular flexibility index (Phi) is 3.43. The van der Waals surface area contributed by atoms with Gasteiger partial charge in [0.15, 0.2) is 0 Å². The number of aliphatic hydroxyl groups is 1. The Morgan fingerprint density at radius 2 is 2.18 bits per heavy atom. The fourth-order valence-corrected chi connectivity index (χ4v) is 3.00. The Morgan fingerprint density at radius 1 is 1.41 bits per heavy atom. The van der Waals surface area contributed by atoms with Gasteiger partial charge in [-0.3, -0.25) is 0 Å². The number of hydrogen-bond acceptors (Lipinski definition) is 2. The molecule has 0 amide bonds. The molecule has 1 saturated carbocycles. The first-order chi connectivity index (χ1) is 8.04. The van der Waals surface area contributed by atoms with E-state index >= 15 is 0 Å². The molecule has 0 saturated heterocycles. The second-order valence-electron chi connectivity index (χ2n) is 5.71. The Balaban J connectivity index is 2.21. The third-order valence-electron chi connectivity index (χ3n) is 4.16. The van der Waals surface area contributed by atoms with E-state index in [1.807, 2.05) is 24.3 Å². The van der Waals surface area contributed by atoms with Crippen molar-refractivity contribution in [3.63, 3.8) is 0 Å². The summed E-state index contributed by atoms with van der Waals surface area (Å²) in [5.74, 6) is 1.17. The van der Waals surface area contributed by atoms with E-state index in [4.69, 9.17) is 4.74 Å². The maximum Gasteiger partial charge on any atom is 0.119 e. The molecule has 1 aliphatic carbocycles. The Bertz CT molecular complexity index is 384. The van der Waals surface area contributed by atoms with Crippen LogP contribution in [0.5, 0.6) is 5.75 Å². The minimum absolute atomic E-state index is 0.239. The van der Waals surface area contributed by atoms with Crippen LogP contribution in [0.3, 0.4) is 0 Å².